The summed E-state index contributed by atoms with van der Waals surface area (Å²) in [7, 11) is 0. The quantitative estimate of drug-likeness (QED) is 0.0483. The van der Waals surface area contributed by atoms with Crippen LogP contribution in [-0.2, 0) is 45.2 Å². The Morgan fingerprint density at radius 3 is 1.87 bits per heavy atom. The van der Waals surface area contributed by atoms with Crippen molar-refractivity contribution < 1.29 is 39.0 Å². The Labute approximate surface area is 322 Å². The molecule has 3 N–H and O–H groups in total. The first-order valence-electron chi connectivity index (χ1n) is 18.5. The number of ether oxygens (including phenoxy) is 5. The van der Waals surface area contributed by atoms with Gasteiger partial charge in [0.2, 0.25) is 0 Å². The van der Waals surface area contributed by atoms with Crippen molar-refractivity contribution in [2.24, 2.45) is 0 Å². The number of halogens is 1. The molecule has 1 aliphatic carbocycles. The fourth-order valence-electron chi connectivity index (χ4n) is 6.23. The van der Waals surface area contributed by atoms with E-state index in [1.54, 1.807) is 12.1 Å². The van der Waals surface area contributed by atoms with E-state index in [-0.39, 0.29) is 26.2 Å². The maximum atomic E-state index is 12.3. The van der Waals surface area contributed by atoms with Crippen LogP contribution in [0.4, 0.5) is 0 Å². The largest absolute Gasteiger partial charge is 0.491 e. The van der Waals surface area contributed by atoms with E-state index in [9.17, 15) is 15.3 Å². The second kappa shape index (κ2) is 20.0. The van der Waals surface area contributed by atoms with Crippen LogP contribution in [-0.4, -0.2) is 59.2 Å². The average Bonchev–Trinajstić information content (AvgIpc) is 4.04. The molecular formula is C45H49ClO8. The van der Waals surface area contributed by atoms with Crippen molar-refractivity contribution in [2.45, 2.75) is 75.7 Å². The Morgan fingerprint density at radius 2 is 1.28 bits per heavy atom. The van der Waals surface area contributed by atoms with Gasteiger partial charge >= 0.3 is 0 Å². The lowest BCUT2D eigenvalue weighted by atomic mass is 9.91. The maximum absolute atomic E-state index is 12.3. The molecular weight excluding hydrogens is 704 g/mol. The second-order valence-corrected chi connectivity index (χ2v) is 14.0. The Morgan fingerprint density at radius 1 is 0.685 bits per heavy atom. The summed E-state index contributed by atoms with van der Waals surface area (Å²) in [5.74, 6) is -1.30. The Hall–Kier alpha value is -4.09. The minimum Gasteiger partial charge on any atom is -0.491 e. The lowest BCUT2D eigenvalue weighted by Crippen LogP contribution is -2.55. The third-order valence-corrected chi connectivity index (χ3v) is 9.74. The summed E-state index contributed by atoms with van der Waals surface area (Å²) in [5, 5.41) is 35.4. The highest BCUT2D eigenvalue weighted by atomic mass is 35.5. The Bertz CT molecular complexity index is 1820. The van der Waals surface area contributed by atoms with Crippen LogP contribution < -0.4 is 4.74 Å². The van der Waals surface area contributed by atoms with E-state index < -0.39 is 30.7 Å². The molecule has 0 aromatic heterocycles. The monoisotopic (exact) mass is 752 g/mol. The van der Waals surface area contributed by atoms with Crippen LogP contribution >= 0.6 is 11.6 Å². The average molecular weight is 753 g/mol. The highest BCUT2D eigenvalue weighted by molar-refractivity contribution is 6.31. The van der Waals surface area contributed by atoms with Crippen LogP contribution in [0.15, 0.2) is 133 Å². The van der Waals surface area contributed by atoms with Gasteiger partial charge in [-0.1, -0.05) is 127 Å². The molecule has 0 aliphatic heterocycles. The van der Waals surface area contributed by atoms with Crippen LogP contribution in [0.3, 0.4) is 0 Å². The highest BCUT2D eigenvalue weighted by Gasteiger charge is 2.47. The van der Waals surface area contributed by atoms with Gasteiger partial charge in [-0.25, -0.2) is 0 Å². The standard InChI is InChI=1S/C45H49ClO8/c46-41-23-18-37(29-38(41)28-33-16-19-39(20-17-33)50-26-27-51-40-21-22-40)42(48)43(52-30-34-10-4-1-5-11-34)44(53-31-35-12-6-2-7-13-35)45(49,24-25-47)54-32-36-14-8-3-9-15-36/h1-20,23,29,40,42-44,47-49H,21-22,24-28,30-32H2. The molecule has 1 saturated carbocycles. The van der Waals surface area contributed by atoms with Gasteiger partial charge in [0.15, 0.2) is 5.79 Å². The smallest absolute Gasteiger partial charge is 0.197 e. The number of aliphatic hydroxyl groups excluding tert-OH is 2. The molecule has 0 heterocycles. The minimum absolute atomic E-state index is 0.0349. The summed E-state index contributed by atoms with van der Waals surface area (Å²) in [6, 6.07) is 41.8. The number of benzene rings is 5. The minimum atomic E-state index is -2.06. The van der Waals surface area contributed by atoms with E-state index in [1.807, 2.05) is 121 Å². The van der Waals surface area contributed by atoms with Crippen LogP contribution in [0, 0.1) is 0 Å². The molecule has 0 bridgehead atoms. The van der Waals surface area contributed by atoms with Gasteiger partial charge in [0.05, 0.1) is 32.5 Å². The summed E-state index contributed by atoms with van der Waals surface area (Å²) in [6.45, 7) is 0.903. The van der Waals surface area contributed by atoms with Crippen molar-refractivity contribution in [1.82, 2.24) is 0 Å². The van der Waals surface area contributed by atoms with Crippen molar-refractivity contribution >= 4 is 11.6 Å². The summed E-state index contributed by atoms with van der Waals surface area (Å²) >= 11 is 6.75. The molecule has 6 rings (SSSR count). The van der Waals surface area contributed by atoms with Gasteiger partial charge in [-0.2, -0.15) is 0 Å². The van der Waals surface area contributed by atoms with Gasteiger partial charge in [-0.05, 0) is 70.8 Å². The number of hydrogen-bond donors (Lipinski definition) is 3. The molecule has 1 fully saturated rings. The molecule has 1 aliphatic rings. The fourth-order valence-corrected chi connectivity index (χ4v) is 6.41. The van der Waals surface area contributed by atoms with E-state index >= 15 is 0 Å². The topological polar surface area (TPSA) is 107 Å². The van der Waals surface area contributed by atoms with Gasteiger partial charge in [0.25, 0.3) is 0 Å². The van der Waals surface area contributed by atoms with Crippen molar-refractivity contribution in [3.8, 4) is 5.75 Å². The summed E-state index contributed by atoms with van der Waals surface area (Å²) < 4.78 is 30.8. The summed E-state index contributed by atoms with van der Waals surface area (Å²) in [5.41, 5.74) is 4.87. The van der Waals surface area contributed by atoms with E-state index in [4.69, 9.17) is 35.3 Å². The third-order valence-electron chi connectivity index (χ3n) is 9.37. The third kappa shape index (κ3) is 11.7. The SMILES string of the molecule is OCCC(O)(OCc1ccccc1)C(OCc1ccccc1)C(OCc1ccccc1)C(O)c1ccc(Cl)c(Cc2ccc(OCCOC3CC3)cc2)c1. The van der Waals surface area contributed by atoms with Gasteiger partial charge in [-0.15, -0.1) is 0 Å². The van der Waals surface area contributed by atoms with Crippen molar-refractivity contribution in [2.75, 3.05) is 19.8 Å². The molecule has 54 heavy (non-hydrogen) atoms. The molecule has 4 unspecified atom stereocenters. The zero-order valence-electron chi connectivity index (χ0n) is 30.3. The zero-order chi connectivity index (χ0) is 37.6. The summed E-state index contributed by atoms with van der Waals surface area (Å²) in [4.78, 5) is 0. The van der Waals surface area contributed by atoms with Crippen molar-refractivity contribution in [3.05, 3.63) is 172 Å². The molecule has 0 amide bonds. The molecule has 9 heteroatoms. The van der Waals surface area contributed by atoms with E-state index in [2.05, 4.69) is 0 Å². The second-order valence-electron chi connectivity index (χ2n) is 13.6. The van der Waals surface area contributed by atoms with Gasteiger partial charge in [0.1, 0.15) is 30.7 Å². The molecule has 0 radical (unpaired) electrons. The van der Waals surface area contributed by atoms with Crippen LogP contribution in [0.2, 0.25) is 5.02 Å². The molecule has 0 saturated heterocycles. The van der Waals surface area contributed by atoms with Crippen molar-refractivity contribution in [1.29, 1.82) is 0 Å². The molecule has 5 aromatic rings. The molecule has 0 spiro atoms. The molecule has 5 aromatic carbocycles. The molecule has 4 atom stereocenters. The lowest BCUT2D eigenvalue weighted by molar-refractivity contribution is -0.311. The molecule has 8 nitrogen and oxygen atoms in total. The van der Waals surface area contributed by atoms with Gasteiger partial charge < -0.3 is 39.0 Å². The van der Waals surface area contributed by atoms with E-state index in [1.165, 1.54) is 0 Å². The van der Waals surface area contributed by atoms with Gasteiger partial charge in [0, 0.05) is 18.1 Å². The first kappa shape index (κ1) is 39.6. The van der Waals surface area contributed by atoms with Crippen LogP contribution in [0.25, 0.3) is 0 Å². The highest BCUT2D eigenvalue weighted by Crippen LogP contribution is 2.35. The maximum Gasteiger partial charge on any atom is 0.197 e. The fraction of sp³-hybridized carbons (Fsp3) is 0.333. The normalized spacial score (nSPS) is 15.6. The predicted molar refractivity (Wildman–Crippen MR) is 208 cm³/mol. The summed E-state index contributed by atoms with van der Waals surface area (Å²) in [6.07, 6.45) is -0.746. The number of aliphatic hydroxyl groups is 3. The van der Waals surface area contributed by atoms with E-state index in [0.717, 1.165) is 46.4 Å². The lowest BCUT2D eigenvalue weighted by Gasteiger charge is -2.41. The number of rotatable bonds is 22. The first-order chi connectivity index (χ1) is 26.4. The van der Waals surface area contributed by atoms with Crippen molar-refractivity contribution in [3.63, 3.8) is 0 Å². The Balaban J connectivity index is 1.27. The zero-order valence-corrected chi connectivity index (χ0v) is 31.1. The number of hydrogen-bond acceptors (Lipinski definition) is 8. The molecule has 284 valence electrons. The van der Waals surface area contributed by atoms with E-state index in [0.29, 0.717) is 36.3 Å². The van der Waals surface area contributed by atoms with Gasteiger partial charge in [-0.3, -0.25) is 0 Å². The van der Waals surface area contributed by atoms with Crippen LogP contribution in [0.5, 0.6) is 5.75 Å². The van der Waals surface area contributed by atoms with Crippen LogP contribution in [0.1, 0.15) is 58.7 Å². The first-order valence-corrected chi connectivity index (χ1v) is 18.9. The predicted octanol–water partition coefficient (Wildman–Crippen LogP) is 7.98. The Kier molecular flexibility index (Phi) is 14.7.